The molecule has 0 amide bonds. The van der Waals surface area contributed by atoms with Gasteiger partial charge in [-0.15, -0.1) is 0 Å². The quantitative estimate of drug-likeness (QED) is 0.170. The summed E-state index contributed by atoms with van der Waals surface area (Å²) in [4.78, 5) is 2.29. The Morgan fingerprint density at radius 3 is 1.69 bits per heavy atom. The van der Waals surface area contributed by atoms with Crippen LogP contribution in [0.5, 0.6) is 0 Å². The van der Waals surface area contributed by atoms with Crippen molar-refractivity contribution in [3.8, 4) is 27.9 Å². The fourth-order valence-electron chi connectivity index (χ4n) is 8.95. The highest BCUT2D eigenvalue weighted by Gasteiger charge is 2.24. The molecule has 0 radical (unpaired) electrons. The zero-order chi connectivity index (χ0) is 38.2. The summed E-state index contributed by atoms with van der Waals surface area (Å²) < 4.78 is 16.1. The average Bonchev–Trinajstić information content (AvgIpc) is 3.98. The van der Waals surface area contributed by atoms with Crippen molar-refractivity contribution in [3.63, 3.8) is 0 Å². The van der Waals surface area contributed by atoms with Gasteiger partial charge in [0.05, 0.1) is 22.4 Å². The second-order valence-electron chi connectivity index (χ2n) is 14.9. The maximum absolute atomic E-state index is 7.00. The molecule has 3 heterocycles. The SMILES string of the molecule is c1ccc(-c2cccc3c2oc2c(N(c4ccc(-c5ccc6c7ccccc7n(-c7ccccc7)c6c5)cc4)c4cccc5c4oc4ccccc45)cccc23)cc1. The van der Waals surface area contributed by atoms with Crippen LogP contribution in [0.15, 0.2) is 215 Å². The van der Waals surface area contributed by atoms with Gasteiger partial charge < -0.3 is 18.3 Å². The highest BCUT2D eigenvalue weighted by atomic mass is 16.3. The molecule has 0 aliphatic carbocycles. The standard InChI is InChI=1S/C54H34N2O2/c1-3-14-36(15-4-1)40-20-11-21-45-46-23-13-26-49(54(46)58-52(40)45)56(48-25-12-22-44-43-19-8-10-27-51(43)57-53(44)48)39-31-28-35(29-32-39)37-30-33-42-41-18-7-9-24-47(41)55(50(42)34-37)38-16-5-2-6-17-38/h1-34H. The number of hydrogen-bond acceptors (Lipinski definition) is 3. The Labute approximate surface area is 334 Å². The van der Waals surface area contributed by atoms with Gasteiger partial charge in [-0.2, -0.15) is 0 Å². The van der Waals surface area contributed by atoms with Crippen LogP contribution in [-0.4, -0.2) is 4.57 Å². The lowest BCUT2D eigenvalue weighted by Gasteiger charge is -2.25. The lowest BCUT2D eigenvalue weighted by molar-refractivity contribution is 0.666. The molecule has 0 spiro atoms. The number of furan rings is 2. The molecule has 3 aromatic heterocycles. The largest absolute Gasteiger partial charge is 0.454 e. The molecule has 0 aliphatic heterocycles. The number of nitrogens with zero attached hydrogens (tertiary/aromatic N) is 2. The number of fused-ring (bicyclic) bond motifs is 9. The highest BCUT2D eigenvalue weighted by molar-refractivity contribution is 6.16. The Balaban J connectivity index is 1.05. The van der Waals surface area contributed by atoms with Crippen molar-refractivity contribution < 1.29 is 8.83 Å². The smallest absolute Gasteiger partial charge is 0.159 e. The third-order valence-corrected chi connectivity index (χ3v) is 11.6. The van der Waals surface area contributed by atoms with Gasteiger partial charge in [0.1, 0.15) is 11.2 Å². The molecule has 0 fully saturated rings. The molecular weight excluding hydrogens is 709 g/mol. The molecule has 0 atom stereocenters. The third-order valence-electron chi connectivity index (χ3n) is 11.6. The molecule has 0 aliphatic rings. The number of para-hydroxylation sites is 6. The number of aromatic nitrogens is 1. The molecule has 4 nitrogen and oxygen atoms in total. The summed E-state index contributed by atoms with van der Waals surface area (Å²) in [6.45, 7) is 0. The van der Waals surface area contributed by atoms with Crippen molar-refractivity contribution in [2.45, 2.75) is 0 Å². The average molecular weight is 743 g/mol. The molecule has 0 saturated carbocycles. The molecule has 0 unspecified atom stereocenters. The van der Waals surface area contributed by atoms with E-state index in [2.05, 4.69) is 198 Å². The molecule has 12 aromatic rings. The minimum atomic E-state index is 0.817. The molecule has 0 saturated heterocycles. The predicted octanol–water partition coefficient (Wildman–Crippen LogP) is 15.4. The fourth-order valence-corrected chi connectivity index (χ4v) is 8.95. The molecular formula is C54H34N2O2. The molecule has 0 N–H and O–H groups in total. The number of hydrogen-bond donors (Lipinski definition) is 0. The van der Waals surface area contributed by atoms with E-state index in [1.807, 2.05) is 18.2 Å². The number of anilines is 3. The fraction of sp³-hybridized carbons (Fsp3) is 0. The van der Waals surface area contributed by atoms with E-state index in [9.17, 15) is 0 Å². The summed E-state index contributed by atoms with van der Waals surface area (Å²) in [7, 11) is 0. The van der Waals surface area contributed by atoms with E-state index in [0.717, 1.165) is 88.9 Å². The normalized spacial score (nSPS) is 11.8. The van der Waals surface area contributed by atoms with E-state index < -0.39 is 0 Å². The van der Waals surface area contributed by atoms with Gasteiger partial charge in [0.25, 0.3) is 0 Å². The zero-order valence-electron chi connectivity index (χ0n) is 31.3. The maximum atomic E-state index is 7.00. The Morgan fingerprint density at radius 1 is 0.345 bits per heavy atom. The van der Waals surface area contributed by atoms with Crippen LogP contribution < -0.4 is 4.90 Å². The van der Waals surface area contributed by atoms with Gasteiger partial charge in [0, 0.05) is 49.3 Å². The number of rotatable bonds is 6. The summed E-state index contributed by atoms with van der Waals surface area (Å²) in [6, 6.07) is 73.0. The van der Waals surface area contributed by atoms with Crippen LogP contribution in [-0.2, 0) is 0 Å². The molecule has 58 heavy (non-hydrogen) atoms. The lowest BCUT2D eigenvalue weighted by atomic mass is 10.0. The zero-order valence-corrected chi connectivity index (χ0v) is 31.3. The van der Waals surface area contributed by atoms with Crippen LogP contribution in [0.25, 0.3) is 93.6 Å². The highest BCUT2D eigenvalue weighted by Crippen LogP contribution is 2.47. The minimum Gasteiger partial charge on any atom is -0.454 e. The van der Waals surface area contributed by atoms with Gasteiger partial charge >= 0.3 is 0 Å². The monoisotopic (exact) mass is 742 g/mol. The molecule has 12 rings (SSSR count). The summed E-state index contributed by atoms with van der Waals surface area (Å²) in [5.41, 5.74) is 14.2. The summed E-state index contributed by atoms with van der Waals surface area (Å²) in [5.74, 6) is 0. The molecule has 272 valence electrons. The van der Waals surface area contributed by atoms with Crippen LogP contribution in [0.4, 0.5) is 17.1 Å². The van der Waals surface area contributed by atoms with Crippen LogP contribution >= 0.6 is 0 Å². The first-order chi connectivity index (χ1) is 28.8. The van der Waals surface area contributed by atoms with Crippen molar-refractivity contribution in [1.82, 2.24) is 4.57 Å². The predicted molar refractivity (Wildman–Crippen MR) is 241 cm³/mol. The van der Waals surface area contributed by atoms with Crippen LogP contribution in [0.2, 0.25) is 0 Å². The van der Waals surface area contributed by atoms with Crippen molar-refractivity contribution >= 4 is 82.7 Å². The van der Waals surface area contributed by atoms with Gasteiger partial charge in [-0.3, -0.25) is 0 Å². The van der Waals surface area contributed by atoms with E-state index in [-0.39, 0.29) is 0 Å². The minimum absolute atomic E-state index is 0.817. The van der Waals surface area contributed by atoms with E-state index in [1.54, 1.807) is 0 Å². The molecule has 9 aromatic carbocycles. The molecule has 4 heteroatoms. The Kier molecular flexibility index (Phi) is 7.20. The van der Waals surface area contributed by atoms with Crippen molar-refractivity contribution in [1.29, 1.82) is 0 Å². The van der Waals surface area contributed by atoms with E-state index >= 15 is 0 Å². The van der Waals surface area contributed by atoms with Gasteiger partial charge in [-0.05, 0) is 71.3 Å². The van der Waals surface area contributed by atoms with Gasteiger partial charge in [-0.1, -0.05) is 152 Å². The topological polar surface area (TPSA) is 34.5 Å². The second-order valence-corrected chi connectivity index (χ2v) is 14.9. The summed E-state index contributed by atoms with van der Waals surface area (Å²) in [6.07, 6.45) is 0. The van der Waals surface area contributed by atoms with Gasteiger partial charge in [0.2, 0.25) is 0 Å². The van der Waals surface area contributed by atoms with Crippen LogP contribution in [0, 0.1) is 0 Å². The second kappa shape index (κ2) is 12.9. The first-order valence-corrected chi connectivity index (χ1v) is 19.7. The van der Waals surface area contributed by atoms with E-state index in [4.69, 9.17) is 8.83 Å². The molecule has 0 bridgehead atoms. The first-order valence-electron chi connectivity index (χ1n) is 19.7. The lowest BCUT2D eigenvalue weighted by Crippen LogP contribution is -2.10. The van der Waals surface area contributed by atoms with E-state index in [0.29, 0.717) is 0 Å². The summed E-state index contributed by atoms with van der Waals surface area (Å²) >= 11 is 0. The Hall–Kier alpha value is -7.82. The van der Waals surface area contributed by atoms with Gasteiger partial charge in [0.15, 0.2) is 11.2 Å². The Morgan fingerprint density at radius 2 is 0.914 bits per heavy atom. The van der Waals surface area contributed by atoms with Crippen LogP contribution in [0.3, 0.4) is 0 Å². The van der Waals surface area contributed by atoms with Crippen molar-refractivity contribution in [2.75, 3.05) is 4.90 Å². The summed E-state index contributed by atoms with van der Waals surface area (Å²) in [5, 5.41) is 6.78. The third kappa shape index (κ3) is 4.95. The number of benzene rings is 9. The van der Waals surface area contributed by atoms with Crippen LogP contribution in [0.1, 0.15) is 0 Å². The maximum Gasteiger partial charge on any atom is 0.159 e. The van der Waals surface area contributed by atoms with E-state index in [1.165, 1.54) is 21.8 Å². The first kappa shape index (κ1) is 32.4. The Bertz CT molecular complexity index is 3500. The van der Waals surface area contributed by atoms with Crippen molar-refractivity contribution in [2.24, 2.45) is 0 Å². The van der Waals surface area contributed by atoms with Crippen molar-refractivity contribution in [3.05, 3.63) is 206 Å². The van der Waals surface area contributed by atoms with Gasteiger partial charge in [-0.25, -0.2) is 0 Å².